The maximum absolute atomic E-state index is 10.7. The van der Waals surface area contributed by atoms with E-state index in [4.69, 9.17) is 5.11 Å². The van der Waals surface area contributed by atoms with Crippen molar-refractivity contribution in [3.8, 4) is 0 Å². The molecule has 0 heterocycles. The van der Waals surface area contributed by atoms with Crippen LogP contribution in [-0.2, 0) is 4.79 Å². The average molecular weight is 235 g/mol. The van der Waals surface area contributed by atoms with Crippen molar-refractivity contribution in [2.75, 3.05) is 5.33 Å². The molecule has 0 aromatic rings. The summed E-state index contributed by atoms with van der Waals surface area (Å²) in [7, 11) is 0. The van der Waals surface area contributed by atoms with Crippen LogP contribution < -0.4 is 0 Å². The first-order valence-corrected chi connectivity index (χ1v) is 5.15. The highest BCUT2D eigenvalue weighted by Gasteiger charge is 2.19. The van der Waals surface area contributed by atoms with Crippen LogP contribution in [0.5, 0.6) is 0 Å². The summed E-state index contributed by atoms with van der Waals surface area (Å²) >= 11 is 3.24. The Morgan fingerprint density at radius 1 is 1.50 bits per heavy atom. The number of hydrogen-bond acceptors (Lipinski definition) is 1. The molecule has 0 saturated carbocycles. The smallest absolute Gasteiger partial charge is 0.307 e. The Labute approximate surface area is 81.8 Å². The standard InChI is InChI=1S/C9H15BrO2/c1-7(2)8(9(11)12)5-3-4-6-10/h3-4,7-8H,5-6H2,1-2H3,(H,11,12)/b4-3+/t8-/m0/s1. The Kier molecular flexibility index (Phi) is 6.07. The molecule has 12 heavy (non-hydrogen) atoms. The number of aliphatic carboxylic acids is 1. The summed E-state index contributed by atoms with van der Waals surface area (Å²) in [6.45, 7) is 3.86. The Hall–Kier alpha value is -0.310. The zero-order valence-electron chi connectivity index (χ0n) is 7.46. The van der Waals surface area contributed by atoms with Crippen LogP contribution in [-0.4, -0.2) is 16.4 Å². The van der Waals surface area contributed by atoms with Crippen molar-refractivity contribution in [1.29, 1.82) is 0 Å². The first-order valence-electron chi connectivity index (χ1n) is 4.03. The molecule has 0 radical (unpaired) electrons. The van der Waals surface area contributed by atoms with E-state index in [-0.39, 0.29) is 11.8 Å². The summed E-state index contributed by atoms with van der Waals surface area (Å²) < 4.78 is 0. The van der Waals surface area contributed by atoms with Crippen LogP contribution in [0.1, 0.15) is 20.3 Å². The molecule has 0 amide bonds. The summed E-state index contributed by atoms with van der Waals surface area (Å²) in [5.41, 5.74) is 0. The number of rotatable bonds is 5. The molecule has 0 fully saturated rings. The number of carboxylic acid groups (broad SMARTS) is 1. The number of carboxylic acids is 1. The molecule has 0 saturated heterocycles. The lowest BCUT2D eigenvalue weighted by molar-refractivity contribution is -0.143. The average Bonchev–Trinajstić information content (AvgIpc) is 1.96. The van der Waals surface area contributed by atoms with Crippen LogP contribution in [0, 0.1) is 11.8 Å². The number of halogens is 1. The summed E-state index contributed by atoms with van der Waals surface area (Å²) in [5, 5.41) is 9.59. The molecule has 70 valence electrons. The monoisotopic (exact) mass is 234 g/mol. The van der Waals surface area contributed by atoms with Gasteiger partial charge in [-0.2, -0.15) is 0 Å². The number of hydrogen-bond donors (Lipinski definition) is 1. The molecule has 0 unspecified atom stereocenters. The van der Waals surface area contributed by atoms with E-state index >= 15 is 0 Å². The van der Waals surface area contributed by atoms with Crippen molar-refractivity contribution < 1.29 is 9.90 Å². The zero-order chi connectivity index (χ0) is 9.56. The summed E-state index contributed by atoms with van der Waals surface area (Å²) in [5.74, 6) is -0.757. The van der Waals surface area contributed by atoms with Gasteiger partial charge in [-0.25, -0.2) is 0 Å². The molecule has 0 rings (SSSR count). The van der Waals surface area contributed by atoms with Crippen molar-refractivity contribution in [3.63, 3.8) is 0 Å². The normalized spacial score (nSPS) is 14.0. The second-order valence-corrected chi connectivity index (χ2v) is 3.70. The zero-order valence-corrected chi connectivity index (χ0v) is 9.04. The van der Waals surface area contributed by atoms with Gasteiger partial charge in [0.15, 0.2) is 0 Å². The predicted molar refractivity (Wildman–Crippen MR) is 53.5 cm³/mol. The molecular formula is C9H15BrO2. The highest BCUT2D eigenvalue weighted by atomic mass is 79.9. The fourth-order valence-corrected chi connectivity index (χ4v) is 1.23. The van der Waals surface area contributed by atoms with Gasteiger partial charge in [0.1, 0.15) is 0 Å². The van der Waals surface area contributed by atoms with Gasteiger partial charge < -0.3 is 5.11 Å². The first kappa shape index (κ1) is 11.7. The van der Waals surface area contributed by atoms with E-state index in [2.05, 4.69) is 15.9 Å². The molecule has 2 nitrogen and oxygen atoms in total. The highest BCUT2D eigenvalue weighted by molar-refractivity contribution is 9.09. The third-order valence-corrected chi connectivity index (χ3v) is 2.14. The molecule has 0 spiro atoms. The van der Waals surface area contributed by atoms with Crippen molar-refractivity contribution >= 4 is 21.9 Å². The predicted octanol–water partition coefficient (Wildman–Crippen LogP) is 2.68. The molecule has 0 aromatic heterocycles. The topological polar surface area (TPSA) is 37.3 Å². The van der Waals surface area contributed by atoms with Gasteiger partial charge in [0.2, 0.25) is 0 Å². The fourth-order valence-electron chi connectivity index (χ4n) is 0.964. The summed E-state index contributed by atoms with van der Waals surface area (Å²) in [6.07, 6.45) is 4.46. The minimum absolute atomic E-state index is 0.197. The molecule has 0 aromatic carbocycles. The van der Waals surface area contributed by atoms with E-state index in [1.165, 1.54) is 0 Å². The number of carbonyl (C=O) groups is 1. The van der Waals surface area contributed by atoms with Gasteiger partial charge in [-0.3, -0.25) is 4.79 Å². The highest BCUT2D eigenvalue weighted by Crippen LogP contribution is 2.15. The Morgan fingerprint density at radius 2 is 2.08 bits per heavy atom. The van der Waals surface area contributed by atoms with Gasteiger partial charge in [-0.1, -0.05) is 41.9 Å². The molecule has 3 heteroatoms. The third kappa shape index (κ3) is 4.54. The SMILES string of the molecule is CC(C)[C@H](C/C=C/CBr)C(=O)O. The molecule has 0 aliphatic heterocycles. The van der Waals surface area contributed by atoms with E-state index in [0.717, 1.165) is 5.33 Å². The Balaban J connectivity index is 3.97. The van der Waals surface area contributed by atoms with Crippen LogP contribution >= 0.6 is 15.9 Å². The largest absolute Gasteiger partial charge is 0.481 e. The van der Waals surface area contributed by atoms with E-state index in [0.29, 0.717) is 6.42 Å². The summed E-state index contributed by atoms with van der Waals surface area (Å²) in [4.78, 5) is 10.7. The van der Waals surface area contributed by atoms with Crippen molar-refractivity contribution in [2.45, 2.75) is 20.3 Å². The van der Waals surface area contributed by atoms with Crippen molar-refractivity contribution in [2.24, 2.45) is 11.8 Å². The Bertz CT molecular complexity index is 164. The fraction of sp³-hybridized carbons (Fsp3) is 0.667. The van der Waals surface area contributed by atoms with Crippen molar-refractivity contribution in [1.82, 2.24) is 0 Å². The van der Waals surface area contributed by atoms with Gasteiger partial charge >= 0.3 is 5.97 Å². The van der Waals surface area contributed by atoms with Crippen LogP contribution in [0.25, 0.3) is 0 Å². The molecular weight excluding hydrogens is 220 g/mol. The summed E-state index contributed by atoms with van der Waals surface area (Å²) in [6, 6.07) is 0. The van der Waals surface area contributed by atoms with Gasteiger partial charge in [-0.15, -0.1) is 0 Å². The van der Waals surface area contributed by atoms with E-state index in [9.17, 15) is 4.79 Å². The van der Waals surface area contributed by atoms with Gasteiger partial charge in [0, 0.05) is 5.33 Å². The lowest BCUT2D eigenvalue weighted by Gasteiger charge is -2.13. The number of alkyl halides is 1. The second kappa shape index (κ2) is 6.23. The van der Waals surface area contributed by atoms with E-state index < -0.39 is 5.97 Å². The van der Waals surface area contributed by atoms with Gasteiger partial charge in [0.05, 0.1) is 5.92 Å². The van der Waals surface area contributed by atoms with Crippen LogP contribution in [0.2, 0.25) is 0 Å². The second-order valence-electron chi connectivity index (χ2n) is 3.05. The van der Waals surface area contributed by atoms with Crippen molar-refractivity contribution in [3.05, 3.63) is 12.2 Å². The maximum Gasteiger partial charge on any atom is 0.307 e. The molecule has 1 atom stereocenters. The van der Waals surface area contributed by atoms with Gasteiger partial charge in [0.25, 0.3) is 0 Å². The van der Waals surface area contributed by atoms with Crippen LogP contribution in [0.4, 0.5) is 0 Å². The van der Waals surface area contributed by atoms with E-state index in [1.807, 2.05) is 26.0 Å². The Morgan fingerprint density at radius 3 is 2.42 bits per heavy atom. The molecule has 0 bridgehead atoms. The lowest BCUT2D eigenvalue weighted by atomic mass is 9.93. The van der Waals surface area contributed by atoms with Crippen LogP contribution in [0.3, 0.4) is 0 Å². The first-order chi connectivity index (χ1) is 5.59. The lowest BCUT2D eigenvalue weighted by Crippen LogP contribution is -2.18. The minimum atomic E-state index is -0.704. The third-order valence-electron chi connectivity index (χ3n) is 1.77. The van der Waals surface area contributed by atoms with Gasteiger partial charge in [-0.05, 0) is 12.3 Å². The van der Waals surface area contributed by atoms with Crippen LogP contribution in [0.15, 0.2) is 12.2 Å². The maximum atomic E-state index is 10.7. The quantitative estimate of drug-likeness (QED) is 0.587. The number of allylic oxidation sites excluding steroid dienone is 2. The molecule has 0 aliphatic carbocycles. The van der Waals surface area contributed by atoms with E-state index in [1.54, 1.807) is 0 Å². The molecule has 0 aliphatic rings. The molecule has 1 N–H and O–H groups in total. The minimum Gasteiger partial charge on any atom is -0.481 e.